The molecule has 6 heteroatoms. The van der Waals surface area contributed by atoms with Crippen LogP contribution < -0.4 is 5.14 Å². The number of nitrogens with two attached hydrogens (primary N) is 1. The lowest BCUT2D eigenvalue weighted by Crippen LogP contribution is -2.18. The molecule has 2 N–H and O–H groups in total. The summed E-state index contributed by atoms with van der Waals surface area (Å²) in [6.07, 6.45) is 1.51. The molecular weight excluding hydrogens is 184 g/mol. The van der Waals surface area contributed by atoms with Gasteiger partial charge in [-0.3, -0.25) is 4.98 Å². The van der Waals surface area contributed by atoms with Gasteiger partial charge in [-0.05, 0) is 6.92 Å². The van der Waals surface area contributed by atoms with Crippen molar-refractivity contribution in [2.24, 2.45) is 5.14 Å². The molecule has 1 atom stereocenters. The molecule has 0 saturated carbocycles. The first kappa shape index (κ1) is 8.63. The third-order valence-corrected chi connectivity index (χ3v) is 3.69. The minimum Gasteiger partial charge on any atom is -0.253 e. The molecule has 4 nitrogen and oxygen atoms in total. The van der Waals surface area contributed by atoms with Crippen LogP contribution in [0, 0.1) is 0 Å². The van der Waals surface area contributed by atoms with Crippen LogP contribution in [0.4, 0.5) is 0 Å². The lowest BCUT2D eigenvalue weighted by atomic mass is 10.4. The van der Waals surface area contributed by atoms with Crippen molar-refractivity contribution in [1.29, 1.82) is 0 Å². The van der Waals surface area contributed by atoms with Gasteiger partial charge in [-0.15, -0.1) is 11.3 Å². The molecule has 0 aliphatic heterocycles. The summed E-state index contributed by atoms with van der Waals surface area (Å²) in [4.78, 5) is 4.43. The van der Waals surface area contributed by atoms with Gasteiger partial charge in [0.15, 0.2) is 0 Å². The zero-order chi connectivity index (χ0) is 8.48. The fraction of sp³-hybridized carbons (Fsp3) is 0.400. The third kappa shape index (κ3) is 1.98. The number of rotatable bonds is 2. The Bertz CT molecular complexity index is 316. The Morgan fingerprint density at radius 2 is 2.36 bits per heavy atom. The molecule has 1 heterocycles. The quantitative estimate of drug-likeness (QED) is 0.741. The van der Waals surface area contributed by atoms with Crippen LogP contribution >= 0.6 is 11.3 Å². The van der Waals surface area contributed by atoms with Crippen molar-refractivity contribution in [3.05, 3.63) is 16.6 Å². The van der Waals surface area contributed by atoms with Crippen molar-refractivity contribution in [1.82, 2.24) is 4.98 Å². The largest absolute Gasteiger partial charge is 0.253 e. The molecule has 0 aromatic carbocycles. The van der Waals surface area contributed by atoms with Crippen LogP contribution in [0.25, 0.3) is 0 Å². The highest BCUT2D eigenvalue weighted by molar-refractivity contribution is 7.89. The number of hydrogen-bond donors (Lipinski definition) is 1. The van der Waals surface area contributed by atoms with E-state index in [1.165, 1.54) is 17.5 Å². The second-order valence-electron chi connectivity index (χ2n) is 2.14. The summed E-state index contributed by atoms with van der Waals surface area (Å²) in [5.74, 6) is 0. The van der Waals surface area contributed by atoms with Gasteiger partial charge in [-0.2, -0.15) is 0 Å². The number of primary sulfonamides is 1. The van der Waals surface area contributed by atoms with E-state index in [0.717, 1.165) is 0 Å². The average molecular weight is 192 g/mol. The molecule has 0 saturated heterocycles. The van der Waals surface area contributed by atoms with Crippen LogP contribution in [0.3, 0.4) is 0 Å². The van der Waals surface area contributed by atoms with Gasteiger partial charge >= 0.3 is 0 Å². The second-order valence-corrected chi connectivity index (χ2v) is 4.94. The van der Waals surface area contributed by atoms with Crippen molar-refractivity contribution in [2.45, 2.75) is 12.2 Å². The zero-order valence-electron chi connectivity index (χ0n) is 5.89. The van der Waals surface area contributed by atoms with Crippen molar-refractivity contribution in [3.63, 3.8) is 0 Å². The fourth-order valence-corrected chi connectivity index (χ4v) is 2.10. The van der Waals surface area contributed by atoms with E-state index >= 15 is 0 Å². The molecule has 0 aliphatic carbocycles. The SMILES string of the molecule is CC(c1cncs1)S(N)(=O)=O. The summed E-state index contributed by atoms with van der Waals surface area (Å²) in [6.45, 7) is 1.54. The molecule has 0 spiro atoms. The van der Waals surface area contributed by atoms with Gasteiger partial charge < -0.3 is 0 Å². The molecule has 0 radical (unpaired) electrons. The van der Waals surface area contributed by atoms with Crippen molar-refractivity contribution >= 4 is 21.4 Å². The van der Waals surface area contributed by atoms with Crippen molar-refractivity contribution in [3.8, 4) is 0 Å². The summed E-state index contributed by atoms with van der Waals surface area (Å²) >= 11 is 1.29. The van der Waals surface area contributed by atoms with E-state index in [2.05, 4.69) is 4.98 Å². The number of aromatic nitrogens is 1. The Balaban J connectivity index is 2.97. The standard InChI is InChI=1S/C5H8N2O2S2/c1-4(11(6,8)9)5-2-7-3-10-5/h2-4H,1H3,(H2,6,8,9). The van der Waals surface area contributed by atoms with E-state index in [-0.39, 0.29) is 0 Å². The van der Waals surface area contributed by atoms with E-state index in [9.17, 15) is 8.42 Å². The fourth-order valence-electron chi connectivity index (χ4n) is 0.588. The van der Waals surface area contributed by atoms with Crippen LogP contribution in [-0.2, 0) is 10.0 Å². The monoisotopic (exact) mass is 192 g/mol. The Hall–Kier alpha value is -0.460. The molecule has 0 aliphatic rings. The Kier molecular flexibility index (Phi) is 2.26. The molecule has 1 aromatic rings. The molecule has 1 rings (SSSR count). The maximum Gasteiger partial charge on any atom is 0.216 e. The second kappa shape index (κ2) is 2.88. The molecule has 1 unspecified atom stereocenters. The van der Waals surface area contributed by atoms with E-state index in [4.69, 9.17) is 5.14 Å². The highest BCUT2D eigenvalue weighted by atomic mass is 32.2. The molecule has 0 fully saturated rings. The summed E-state index contributed by atoms with van der Waals surface area (Å²) in [7, 11) is -3.46. The highest BCUT2D eigenvalue weighted by Crippen LogP contribution is 2.21. The average Bonchev–Trinajstić information content (AvgIpc) is 2.34. The summed E-state index contributed by atoms with van der Waals surface area (Å²) in [6, 6.07) is 0. The van der Waals surface area contributed by atoms with Gasteiger partial charge in [-0.1, -0.05) is 0 Å². The predicted octanol–water partition coefficient (Wildman–Crippen LogP) is 0.493. The predicted molar refractivity (Wildman–Crippen MR) is 43.6 cm³/mol. The lowest BCUT2D eigenvalue weighted by molar-refractivity contribution is 0.588. The molecule has 62 valence electrons. The smallest absolute Gasteiger partial charge is 0.216 e. The van der Waals surface area contributed by atoms with Crippen LogP contribution in [0.5, 0.6) is 0 Å². The molecule has 1 aromatic heterocycles. The third-order valence-electron chi connectivity index (χ3n) is 1.34. The first-order chi connectivity index (χ1) is 5.02. The molecule has 0 amide bonds. The number of nitrogens with zero attached hydrogens (tertiary/aromatic N) is 1. The number of sulfonamides is 1. The van der Waals surface area contributed by atoms with Crippen molar-refractivity contribution in [2.75, 3.05) is 0 Å². The summed E-state index contributed by atoms with van der Waals surface area (Å²) in [5, 5.41) is 4.28. The Morgan fingerprint density at radius 1 is 1.73 bits per heavy atom. The van der Waals surface area contributed by atoms with Gasteiger partial charge in [-0.25, -0.2) is 13.6 Å². The molecule has 11 heavy (non-hydrogen) atoms. The summed E-state index contributed by atoms with van der Waals surface area (Å²) < 4.78 is 21.6. The Labute approximate surface area is 69.1 Å². The van der Waals surface area contributed by atoms with Crippen LogP contribution in [0.2, 0.25) is 0 Å². The van der Waals surface area contributed by atoms with Gasteiger partial charge in [0, 0.05) is 11.1 Å². The minimum absolute atomic E-state index is 0.644. The zero-order valence-corrected chi connectivity index (χ0v) is 7.52. The normalized spacial score (nSPS) is 14.7. The topological polar surface area (TPSA) is 73.0 Å². The first-order valence-electron chi connectivity index (χ1n) is 2.92. The van der Waals surface area contributed by atoms with E-state index in [1.807, 2.05) is 0 Å². The summed E-state index contributed by atoms with van der Waals surface area (Å²) in [5.41, 5.74) is 1.58. The van der Waals surface area contributed by atoms with Gasteiger partial charge in [0.1, 0.15) is 5.25 Å². The van der Waals surface area contributed by atoms with E-state index in [1.54, 1.807) is 12.4 Å². The Morgan fingerprint density at radius 3 is 2.73 bits per heavy atom. The van der Waals surface area contributed by atoms with Crippen LogP contribution in [0.15, 0.2) is 11.7 Å². The molecule has 0 bridgehead atoms. The maximum absolute atomic E-state index is 10.8. The number of hydrogen-bond acceptors (Lipinski definition) is 4. The maximum atomic E-state index is 10.8. The molecular formula is C5H8N2O2S2. The van der Waals surface area contributed by atoms with Gasteiger partial charge in [0.25, 0.3) is 0 Å². The van der Waals surface area contributed by atoms with Gasteiger partial charge in [0.05, 0.1) is 5.51 Å². The lowest BCUT2D eigenvalue weighted by Gasteiger charge is -2.03. The first-order valence-corrected chi connectivity index (χ1v) is 5.40. The minimum atomic E-state index is -3.46. The van der Waals surface area contributed by atoms with Gasteiger partial charge in [0.2, 0.25) is 10.0 Å². The van der Waals surface area contributed by atoms with Crippen molar-refractivity contribution < 1.29 is 8.42 Å². The number of thiazole rings is 1. The van der Waals surface area contributed by atoms with E-state index < -0.39 is 15.3 Å². The van der Waals surface area contributed by atoms with Crippen LogP contribution in [-0.4, -0.2) is 13.4 Å². The van der Waals surface area contributed by atoms with E-state index in [0.29, 0.717) is 4.88 Å². The highest BCUT2D eigenvalue weighted by Gasteiger charge is 2.18. The van der Waals surface area contributed by atoms with Crippen LogP contribution in [0.1, 0.15) is 17.1 Å².